The molecule has 5 heteroatoms. The van der Waals surface area contributed by atoms with Crippen molar-refractivity contribution in [2.75, 3.05) is 5.75 Å². The van der Waals surface area contributed by atoms with E-state index in [0.29, 0.717) is 11.5 Å². The molecular weight excluding hydrogens is 178 g/mol. The van der Waals surface area contributed by atoms with E-state index >= 15 is 0 Å². The van der Waals surface area contributed by atoms with Crippen LogP contribution in [-0.4, -0.2) is 28.3 Å². The lowest BCUT2D eigenvalue weighted by molar-refractivity contribution is -0.131. The molecule has 1 aliphatic rings. The standard InChI is InChI=1S/C4H5NOS.C3H4O2/c1-3-4(6)2-7-5-3;1-2-3(4)5/h2H2,1H3;2H,1H2,(H,4,5). The summed E-state index contributed by atoms with van der Waals surface area (Å²) in [6.45, 7) is 4.70. The highest BCUT2D eigenvalue weighted by Gasteiger charge is 2.11. The number of hydrogen-bond acceptors (Lipinski definition) is 4. The molecule has 12 heavy (non-hydrogen) atoms. The lowest BCUT2D eigenvalue weighted by Gasteiger charge is -1.76. The zero-order valence-electron chi connectivity index (χ0n) is 6.61. The lowest BCUT2D eigenvalue weighted by atomic mass is 10.3. The number of Topliss-reactive ketones (excluding diaryl/α,β-unsaturated/α-hetero) is 1. The van der Waals surface area contributed by atoms with Gasteiger partial charge in [0.25, 0.3) is 0 Å². The maximum atomic E-state index is 10.4. The molecule has 0 bridgehead atoms. The topological polar surface area (TPSA) is 66.7 Å². The van der Waals surface area contributed by atoms with Crippen LogP contribution >= 0.6 is 11.9 Å². The molecule has 0 aromatic rings. The molecule has 1 N–H and O–H groups in total. The third-order valence-corrected chi connectivity index (χ3v) is 1.77. The zero-order valence-corrected chi connectivity index (χ0v) is 7.43. The molecule has 66 valence electrons. The Hall–Kier alpha value is -1.10. The van der Waals surface area contributed by atoms with Crippen molar-refractivity contribution in [1.82, 2.24) is 0 Å². The summed E-state index contributed by atoms with van der Waals surface area (Å²) < 4.78 is 3.80. The number of carboxylic acids is 1. The zero-order chi connectivity index (χ0) is 9.56. The van der Waals surface area contributed by atoms with Crippen LogP contribution in [0.4, 0.5) is 0 Å². The van der Waals surface area contributed by atoms with E-state index in [9.17, 15) is 9.59 Å². The summed E-state index contributed by atoms with van der Waals surface area (Å²) in [7, 11) is 0. The number of ketones is 1. The molecule has 4 nitrogen and oxygen atoms in total. The second-order valence-corrected chi connectivity index (χ2v) is 2.65. The molecule has 0 amide bonds. The van der Waals surface area contributed by atoms with Crippen LogP contribution in [-0.2, 0) is 9.59 Å². The quantitative estimate of drug-likeness (QED) is 0.490. The van der Waals surface area contributed by atoms with Crippen molar-refractivity contribution >= 4 is 29.4 Å². The third-order valence-electron chi connectivity index (χ3n) is 0.975. The summed E-state index contributed by atoms with van der Waals surface area (Å²) in [5, 5.41) is 7.60. The Morgan fingerprint density at radius 2 is 2.33 bits per heavy atom. The molecule has 0 unspecified atom stereocenters. The Morgan fingerprint density at radius 3 is 2.42 bits per heavy atom. The number of hydrogen-bond donors (Lipinski definition) is 1. The first-order chi connectivity index (χ1) is 5.57. The SMILES string of the molecule is C=CC(=O)O.CC1=NSCC1=O. The first-order valence-corrected chi connectivity index (χ1v) is 4.07. The molecular formula is C7H9NO3S. The molecule has 0 spiro atoms. The molecule has 0 fully saturated rings. The van der Waals surface area contributed by atoms with E-state index in [0.717, 1.165) is 6.08 Å². The maximum absolute atomic E-state index is 10.4. The number of carbonyl (C=O) groups excluding carboxylic acids is 1. The van der Waals surface area contributed by atoms with Crippen molar-refractivity contribution in [3.63, 3.8) is 0 Å². The molecule has 0 saturated heterocycles. The predicted octanol–water partition coefficient (Wildman–Crippen LogP) is 0.935. The highest BCUT2D eigenvalue weighted by Crippen LogP contribution is 2.10. The Kier molecular flexibility index (Phi) is 5.03. The van der Waals surface area contributed by atoms with Gasteiger partial charge in [-0.1, -0.05) is 6.58 Å². The smallest absolute Gasteiger partial charge is 0.327 e. The van der Waals surface area contributed by atoms with Crippen molar-refractivity contribution in [3.05, 3.63) is 12.7 Å². The molecule has 1 heterocycles. The van der Waals surface area contributed by atoms with Crippen LogP contribution in [0.15, 0.2) is 17.1 Å². The van der Waals surface area contributed by atoms with Crippen LogP contribution in [0, 0.1) is 0 Å². The second kappa shape index (κ2) is 5.54. The van der Waals surface area contributed by atoms with Gasteiger partial charge in [0.2, 0.25) is 0 Å². The average molecular weight is 187 g/mol. The first-order valence-electron chi connectivity index (χ1n) is 3.13. The highest BCUT2D eigenvalue weighted by molar-refractivity contribution is 7.99. The van der Waals surface area contributed by atoms with E-state index < -0.39 is 5.97 Å². The number of aliphatic carboxylic acids is 1. The maximum Gasteiger partial charge on any atom is 0.327 e. The van der Waals surface area contributed by atoms with E-state index in [2.05, 4.69) is 11.0 Å². The number of carbonyl (C=O) groups is 2. The van der Waals surface area contributed by atoms with Gasteiger partial charge in [-0.05, 0) is 18.9 Å². The van der Waals surface area contributed by atoms with Crippen LogP contribution in [0.1, 0.15) is 6.92 Å². The second-order valence-electron chi connectivity index (χ2n) is 1.92. The van der Waals surface area contributed by atoms with Crippen molar-refractivity contribution in [2.24, 2.45) is 4.40 Å². The Balaban J connectivity index is 0.000000217. The van der Waals surface area contributed by atoms with Crippen molar-refractivity contribution in [3.8, 4) is 0 Å². The fourth-order valence-electron chi connectivity index (χ4n) is 0.343. The van der Waals surface area contributed by atoms with E-state index in [4.69, 9.17) is 5.11 Å². The average Bonchev–Trinajstić information content (AvgIpc) is 2.37. The fraction of sp³-hybridized carbons (Fsp3) is 0.286. The van der Waals surface area contributed by atoms with Gasteiger partial charge in [-0.25, -0.2) is 9.19 Å². The molecule has 1 rings (SSSR count). The normalized spacial score (nSPS) is 14.4. The van der Waals surface area contributed by atoms with Gasteiger partial charge in [0.05, 0.1) is 11.5 Å². The van der Waals surface area contributed by atoms with Gasteiger partial charge in [-0.2, -0.15) is 0 Å². The minimum absolute atomic E-state index is 0.171. The van der Waals surface area contributed by atoms with Crippen molar-refractivity contribution < 1.29 is 14.7 Å². The van der Waals surface area contributed by atoms with Crippen molar-refractivity contribution in [1.29, 1.82) is 0 Å². The summed E-state index contributed by atoms with van der Waals surface area (Å²) in [5.41, 5.74) is 0.657. The number of nitrogens with zero attached hydrogens (tertiary/aromatic N) is 1. The fourth-order valence-corrected chi connectivity index (χ4v) is 1.03. The summed E-state index contributed by atoms with van der Waals surface area (Å²) in [6, 6.07) is 0. The van der Waals surface area contributed by atoms with Crippen LogP contribution in [0.3, 0.4) is 0 Å². The van der Waals surface area contributed by atoms with Gasteiger partial charge in [-0.15, -0.1) is 0 Å². The Labute approximate surface area is 74.5 Å². The summed E-state index contributed by atoms with van der Waals surface area (Å²) in [4.78, 5) is 19.7. The van der Waals surface area contributed by atoms with E-state index in [-0.39, 0.29) is 5.78 Å². The van der Waals surface area contributed by atoms with Gasteiger partial charge in [0.1, 0.15) is 0 Å². The molecule has 0 aromatic carbocycles. The van der Waals surface area contributed by atoms with E-state index in [1.165, 1.54) is 11.9 Å². The van der Waals surface area contributed by atoms with Gasteiger partial charge < -0.3 is 5.11 Å². The summed E-state index contributed by atoms with van der Waals surface area (Å²) >= 11 is 1.33. The highest BCUT2D eigenvalue weighted by atomic mass is 32.2. The lowest BCUT2D eigenvalue weighted by Crippen LogP contribution is -2.04. The largest absolute Gasteiger partial charge is 0.478 e. The Bertz CT molecular complexity index is 235. The first kappa shape index (κ1) is 10.9. The molecule has 0 saturated carbocycles. The summed E-state index contributed by atoms with van der Waals surface area (Å²) in [6.07, 6.45) is 0.833. The van der Waals surface area contributed by atoms with Gasteiger partial charge in [0, 0.05) is 6.08 Å². The van der Waals surface area contributed by atoms with Crippen LogP contribution < -0.4 is 0 Å². The van der Waals surface area contributed by atoms with E-state index in [1.54, 1.807) is 6.92 Å². The summed E-state index contributed by atoms with van der Waals surface area (Å²) in [5.74, 6) is -0.263. The van der Waals surface area contributed by atoms with Gasteiger partial charge in [-0.3, -0.25) is 4.79 Å². The number of carboxylic acid groups (broad SMARTS) is 1. The Morgan fingerprint density at radius 1 is 1.83 bits per heavy atom. The van der Waals surface area contributed by atoms with Crippen molar-refractivity contribution in [2.45, 2.75) is 6.92 Å². The minimum Gasteiger partial charge on any atom is -0.478 e. The van der Waals surface area contributed by atoms with Gasteiger partial charge in [0.15, 0.2) is 5.78 Å². The van der Waals surface area contributed by atoms with E-state index in [1.807, 2.05) is 0 Å². The molecule has 0 atom stereocenters. The van der Waals surface area contributed by atoms with Crippen LogP contribution in [0.5, 0.6) is 0 Å². The third kappa shape index (κ3) is 4.68. The molecule has 0 aromatic heterocycles. The predicted molar refractivity (Wildman–Crippen MR) is 48.4 cm³/mol. The van der Waals surface area contributed by atoms with Crippen LogP contribution in [0.2, 0.25) is 0 Å². The monoisotopic (exact) mass is 187 g/mol. The number of rotatable bonds is 1. The van der Waals surface area contributed by atoms with Gasteiger partial charge >= 0.3 is 5.97 Å². The molecule has 1 aliphatic heterocycles. The van der Waals surface area contributed by atoms with Crippen LogP contribution in [0.25, 0.3) is 0 Å². The molecule has 0 radical (unpaired) electrons. The minimum atomic E-state index is -0.981. The molecule has 0 aliphatic carbocycles.